The molecule has 0 aliphatic carbocycles. The second kappa shape index (κ2) is 7.58. The molecule has 28 heavy (non-hydrogen) atoms. The Morgan fingerprint density at radius 1 is 1.18 bits per heavy atom. The minimum absolute atomic E-state index is 0.247. The smallest absolute Gasteiger partial charge is 0.242 e. The summed E-state index contributed by atoms with van der Waals surface area (Å²) >= 11 is 0. The van der Waals surface area contributed by atoms with Crippen LogP contribution in [0.25, 0.3) is 10.9 Å². The summed E-state index contributed by atoms with van der Waals surface area (Å²) in [6.07, 6.45) is 1.55. The van der Waals surface area contributed by atoms with Gasteiger partial charge in [-0.05, 0) is 37.1 Å². The first-order valence-corrected chi connectivity index (χ1v) is 10.2. The molecule has 1 heterocycles. The molecule has 3 aromatic rings. The first-order chi connectivity index (χ1) is 13.3. The molecule has 0 saturated heterocycles. The van der Waals surface area contributed by atoms with Crippen LogP contribution in [-0.4, -0.2) is 31.8 Å². The number of aromatic nitrogens is 1. The highest BCUT2D eigenvalue weighted by Gasteiger charge is 2.21. The summed E-state index contributed by atoms with van der Waals surface area (Å²) in [5.41, 5.74) is 4.64. The summed E-state index contributed by atoms with van der Waals surface area (Å²) in [5.74, 6) is 0. The van der Waals surface area contributed by atoms with Gasteiger partial charge in [-0.2, -0.15) is 5.26 Å². The summed E-state index contributed by atoms with van der Waals surface area (Å²) in [4.78, 5) is 4.67. The molecule has 0 saturated carbocycles. The molecule has 7 heteroatoms. The van der Waals surface area contributed by atoms with Crippen molar-refractivity contribution in [2.75, 3.05) is 19.4 Å². The van der Waals surface area contributed by atoms with Gasteiger partial charge < -0.3 is 5.32 Å². The molecule has 0 amide bonds. The summed E-state index contributed by atoms with van der Waals surface area (Å²) < 4.78 is 26.4. The zero-order valence-corrected chi connectivity index (χ0v) is 17.1. The molecule has 3 rings (SSSR count). The van der Waals surface area contributed by atoms with Crippen LogP contribution in [0.15, 0.2) is 47.5 Å². The van der Waals surface area contributed by atoms with Gasteiger partial charge in [-0.1, -0.05) is 29.8 Å². The van der Waals surface area contributed by atoms with Gasteiger partial charge in [0.25, 0.3) is 0 Å². The molecule has 6 nitrogen and oxygen atoms in total. The van der Waals surface area contributed by atoms with Crippen molar-refractivity contribution in [3.63, 3.8) is 0 Å². The van der Waals surface area contributed by atoms with Crippen LogP contribution in [0, 0.1) is 25.2 Å². The Hall–Kier alpha value is -2.95. The van der Waals surface area contributed by atoms with E-state index >= 15 is 0 Å². The van der Waals surface area contributed by atoms with E-state index in [1.807, 2.05) is 26.0 Å². The molecule has 0 atom stereocenters. The van der Waals surface area contributed by atoms with E-state index in [4.69, 9.17) is 0 Å². The van der Waals surface area contributed by atoms with Crippen LogP contribution in [0.4, 0.5) is 5.69 Å². The number of hydrogen-bond acceptors (Lipinski definition) is 5. The maximum Gasteiger partial charge on any atom is 0.242 e. The third-order valence-corrected chi connectivity index (χ3v) is 6.53. The topological polar surface area (TPSA) is 86.1 Å². The van der Waals surface area contributed by atoms with Crippen LogP contribution in [0.3, 0.4) is 0 Å². The van der Waals surface area contributed by atoms with Crippen LogP contribution in [0.5, 0.6) is 0 Å². The number of pyridine rings is 1. The van der Waals surface area contributed by atoms with Gasteiger partial charge in [0.2, 0.25) is 10.0 Å². The molecule has 0 bridgehead atoms. The SMILES string of the molecule is Cc1cc(C)c2ncc(C#N)c(NCc3ccccc3S(=O)(=O)N(C)C)c2c1. The predicted octanol–water partition coefficient (Wildman–Crippen LogP) is 3.59. The number of fused-ring (bicyclic) bond motifs is 1. The standard InChI is InChI=1S/C21H22N4O2S/c1-14-9-15(2)20-18(10-14)21(17(11-22)13-23-20)24-12-16-7-5-6-8-19(16)28(26,27)25(3)4/h5-10,13H,12H2,1-4H3,(H,23,24). The molecule has 0 radical (unpaired) electrons. The lowest BCUT2D eigenvalue weighted by molar-refractivity contribution is 0.520. The number of nitrogens with zero attached hydrogens (tertiary/aromatic N) is 3. The third-order valence-electron chi connectivity index (χ3n) is 4.61. The molecule has 144 valence electrons. The van der Waals surface area contributed by atoms with E-state index in [2.05, 4.69) is 16.4 Å². The molecular weight excluding hydrogens is 372 g/mol. The van der Waals surface area contributed by atoms with Gasteiger partial charge in [0, 0.05) is 32.2 Å². The quantitative estimate of drug-likeness (QED) is 0.715. The maximum absolute atomic E-state index is 12.6. The van der Waals surface area contributed by atoms with Crippen molar-refractivity contribution in [2.24, 2.45) is 0 Å². The van der Waals surface area contributed by atoms with Gasteiger partial charge in [-0.15, -0.1) is 0 Å². The van der Waals surface area contributed by atoms with Crippen LogP contribution in [0.2, 0.25) is 0 Å². The van der Waals surface area contributed by atoms with Crippen LogP contribution in [-0.2, 0) is 16.6 Å². The zero-order chi connectivity index (χ0) is 20.5. The van der Waals surface area contributed by atoms with Crippen LogP contribution >= 0.6 is 0 Å². The Balaban J connectivity index is 2.08. The van der Waals surface area contributed by atoms with Gasteiger partial charge in [0.05, 0.1) is 21.7 Å². The van der Waals surface area contributed by atoms with Gasteiger partial charge in [-0.25, -0.2) is 12.7 Å². The van der Waals surface area contributed by atoms with Crippen molar-refractivity contribution in [1.82, 2.24) is 9.29 Å². The largest absolute Gasteiger partial charge is 0.379 e. The van der Waals surface area contributed by atoms with Gasteiger partial charge in [-0.3, -0.25) is 4.98 Å². The molecule has 0 spiro atoms. The number of nitrogens with one attached hydrogen (secondary N) is 1. The van der Waals surface area contributed by atoms with Crippen molar-refractivity contribution in [1.29, 1.82) is 5.26 Å². The Bertz CT molecular complexity index is 1190. The fraction of sp³-hybridized carbons (Fsp3) is 0.238. The summed E-state index contributed by atoms with van der Waals surface area (Å²) in [5, 5.41) is 13.7. The van der Waals surface area contributed by atoms with Crippen molar-refractivity contribution < 1.29 is 8.42 Å². The van der Waals surface area contributed by atoms with Crippen LogP contribution < -0.4 is 5.32 Å². The summed E-state index contributed by atoms with van der Waals surface area (Å²) in [7, 11) is -0.549. The Morgan fingerprint density at radius 3 is 2.57 bits per heavy atom. The van der Waals surface area contributed by atoms with Gasteiger partial charge in [0.15, 0.2) is 0 Å². The van der Waals surface area contributed by atoms with Gasteiger partial charge in [0.1, 0.15) is 6.07 Å². The highest BCUT2D eigenvalue weighted by Crippen LogP contribution is 2.30. The normalized spacial score (nSPS) is 11.6. The minimum atomic E-state index is -3.57. The highest BCUT2D eigenvalue weighted by molar-refractivity contribution is 7.89. The van der Waals surface area contributed by atoms with Crippen LogP contribution in [0.1, 0.15) is 22.3 Å². The van der Waals surface area contributed by atoms with E-state index in [-0.39, 0.29) is 11.4 Å². The fourth-order valence-corrected chi connectivity index (χ4v) is 4.33. The number of rotatable bonds is 5. The summed E-state index contributed by atoms with van der Waals surface area (Å²) in [6, 6.07) is 13.1. The number of sulfonamides is 1. The van der Waals surface area contributed by atoms with E-state index in [0.29, 0.717) is 16.8 Å². The number of benzene rings is 2. The number of hydrogen-bond donors (Lipinski definition) is 1. The van der Waals surface area contributed by atoms with E-state index in [1.54, 1.807) is 30.5 Å². The first-order valence-electron chi connectivity index (χ1n) is 8.80. The molecule has 0 aliphatic heterocycles. The lowest BCUT2D eigenvalue weighted by Crippen LogP contribution is -2.23. The van der Waals surface area contributed by atoms with Crippen molar-refractivity contribution in [2.45, 2.75) is 25.3 Å². The average Bonchev–Trinajstić information content (AvgIpc) is 2.66. The monoisotopic (exact) mass is 394 g/mol. The second-order valence-electron chi connectivity index (χ2n) is 6.89. The molecule has 1 N–H and O–H groups in total. The fourth-order valence-electron chi connectivity index (χ4n) is 3.22. The minimum Gasteiger partial charge on any atom is -0.379 e. The number of anilines is 1. The molecule has 2 aromatic carbocycles. The van der Waals surface area contributed by atoms with Crippen molar-refractivity contribution in [3.8, 4) is 6.07 Å². The third kappa shape index (κ3) is 3.57. The summed E-state index contributed by atoms with van der Waals surface area (Å²) in [6.45, 7) is 4.25. The first kappa shape index (κ1) is 19.8. The Kier molecular flexibility index (Phi) is 5.36. The highest BCUT2D eigenvalue weighted by atomic mass is 32.2. The lowest BCUT2D eigenvalue weighted by Gasteiger charge is -2.17. The second-order valence-corrected chi connectivity index (χ2v) is 9.01. The molecule has 0 aliphatic rings. The average molecular weight is 395 g/mol. The predicted molar refractivity (Wildman–Crippen MR) is 111 cm³/mol. The number of aryl methyl sites for hydroxylation is 2. The van der Waals surface area contributed by atoms with E-state index in [1.165, 1.54) is 18.4 Å². The lowest BCUT2D eigenvalue weighted by atomic mass is 10.0. The van der Waals surface area contributed by atoms with Crippen molar-refractivity contribution in [3.05, 3.63) is 64.8 Å². The van der Waals surface area contributed by atoms with E-state index < -0.39 is 10.0 Å². The molecular formula is C21H22N4O2S. The van der Waals surface area contributed by atoms with E-state index in [0.717, 1.165) is 22.0 Å². The molecule has 1 aromatic heterocycles. The Labute approximate surface area is 165 Å². The maximum atomic E-state index is 12.6. The van der Waals surface area contributed by atoms with Gasteiger partial charge >= 0.3 is 0 Å². The molecule has 0 fully saturated rings. The number of nitriles is 1. The zero-order valence-electron chi connectivity index (χ0n) is 16.3. The molecule has 0 unspecified atom stereocenters. The van der Waals surface area contributed by atoms with E-state index in [9.17, 15) is 13.7 Å². The Morgan fingerprint density at radius 2 is 1.89 bits per heavy atom. The van der Waals surface area contributed by atoms with Crippen molar-refractivity contribution >= 4 is 26.6 Å².